The number of benzene rings is 2. The molecule has 9 heteroatoms. The van der Waals surface area contributed by atoms with Gasteiger partial charge in [0.1, 0.15) is 6.04 Å². The molecule has 2 aliphatic rings. The second-order valence-electron chi connectivity index (χ2n) is 9.21. The Bertz CT molecular complexity index is 1260. The molecular weight excluding hydrogens is 476 g/mol. The van der Waals surface area contributed by atoms with E-state index in [2.05, 4.69) is 26.3 Å². The number of carbonyl (C=O) groups is 1. The highest BCUT2D eigenvalue weighted by Gasteiger charge is 2.33. The summed E-state index contributed by atoms with van der Waals surface area (Å²) in [4.78, 5) is 17.5. The smallest absolute Gasteiger partial charge is 0.259 e. The van der Waals surface area contributed by atoms with Crippen molar-refractivity contribution < 1.29 is 9.53 Å². The normalized spacial score (nSPS) is 19.1. The lowest BCUT2D eigenvalue weighted by Gasteiger charge is -2.44. The highest BCUT2D eigenvalue weighted by Crippen LogP contribution is 2.26. The third kappa shape index (κ3) is 5.09. The molecule has 0 radical (unpaired) electrons. The summed E-state index contributed by atoms with van der Waals surface area (Å²) in [5, 5.41) is 17.8. The Kier molecular flexibility index (Phi) is 7.23. The van der Waals surface area contributed by atoms with Crippen LogP contribution in [0.3, 0.4) is 0 Å². The van der Waals surface area contributed by atoms with Crippen molar-refractivity contribution in [3.63, 3.8) is 0 Å². The zero-order chi connectivity index (χ0) is 25.1. The molecule has 3 heterocycles. The molecule has 0 aliphatic carbocycles. The van der Waals surface area contributed by atoms with Gasteiger partial charge < -0.3 is 15.0 Å². The Hall–Kier alpha value is -3.38. The van der Waals surface area contributed by atoms with E-state index in [1.807, 2.05) is 49.4 Å². The fourth-order valence-electron chi connectivity index (χ4n) is 5.05. The zero-order valence-electron chi connectivity index (χ0n) is 20.2. The average Bonchev–Trinajstić information content (AvgIpc) is 3.30. The van der Waals surface area contributed by atoms with E-state index in [1.165, 1.54) is 0 Å². The van der Waals surface area contributed by atoms with Crippen LogP contribution in [-0.4, -0.2) is 65.5 Å². The third-order valence-electron chi connectivity index (χ3n) is 7.03. The standard InChI is InChI=1S/C27H29ClN6O2/c1-19-26(17-30-34(19)24-4-2-3-20(28)15-24)27(35)31-21-5-7-22(8-6-21)32-11-12-33(25(16-29)18-32)23-9-13-36-14-10-23/h2-8,15,17,23,25H,9-14,18H2,1H3,(H,31,35). The molecule has 1 unspecified atom stereocenters. The molecule has 36 heavy (non-hydrogen) atoms. The summed E-state index contributed by atoms with van der Waals surface area (Å²) in [6.45, 7) is 5.80. The number of hydrogen-bond acceptors (Lipinski definition) is 6. The van der Waals surface area contributed by atoms with Crippen molar-refractivity contribution in [3.8, 4) is 11.8 Å². The number of nitriles is 1. The van der Waals surface area contributed by atoms with E-state index in [0.29, 0.717) is 28.9 Å². The lowest BCUT2D eigenvalue weighted by molar-refractivity contribution is 0.0222. The topological polar surface area (TPSA) is 86.4 Å². The van der Waals surface area contributed by atoms with E-state index >= 15 is 0 Å². The number of rotatable bonds is 5. The van der Waals surface area contributed by atoms with Crippen molar-refractivity contribution in [3.05, 3.63) is 71.0 Å². The highest BCUT2D eigenvalue weighted by atomic mass is 35.5. The van der Waals surface area contributed by atoms with Crippen LogP contribution in [0.2, 0.25) is 5.02 Å². The summed E-state index contributed by atoms with van der Waals surface area (Å²) in [5.41, 5.74) is 3.79. The van der Waals surface area contributed by atoms with Gasteiger partial charge in [0.05, 0.1) is 29.2 Å². The van der Waals surface area contributed by atoms with E-state index in [0.717, 1.165) is 56.2 Å². The molecule has 1 amide bonds. The van der Waals surface area contributed by atoms with Crippen molar-refractivity contribution in [2.75, 3.05) is 43.1 Å². The average molecular weight is 505 g/mol. The first-order valence-corrected chi connectivity index (χ1v) is 12.6. The molecule has 3 aromatic rings. The van der Waals surface area contributed by atoms with Gasteiger partial charge in [0.15, 0.2) is 0 Å². The Balaban J connectivity index is 1.23. The summed E-state index contributed by atoms with van der Waals surface area (Å²) >= 11 is 6.10. The lowest BCUT2D eigenvalue weighted by Crippen LogP contribution is -2.57. The van der Waals surface area contributed by atoms with Gasteiger partial charge >= 0.3 is 0 Å². The van der Waals surface area contributed by atoms with E-state index in [9.17, 15) is 10.1 Å². The maximum absolute atomic E-state index is 12.9. The Morgan fingerprint density at radius 3 is 2.64 bits per heavy atom. The molecule has 2 fully saturated rings. The molecular formula is C27H29ClN6O2. The molecule has 0 spiro atoms. The fraction of sp³-hybridized carbons (Fsp3) is 0.370. The number of aromatic nitrogens is 2. The second-order valence-corrected chi connectivity index (χ2v) is 9.65. The summed E-state index contributed by atoms with van der Waals surface area (Å²) in [6, 6.07) is 17.9. The fourth-order valence-corrected chi connectivity index (χ4v) is 5.24. The molecule has 1 N–H and O–H groups in total. The van der Waals surface area contributed by atoms with Gasteiger partial charge in [-0.2, -0.15) is 10.4 Å². The van der Waals surface area contributed by atoms with E-state index < -0.39 is 0 Å². The van der Waals surface area contributed by atoms with Crippen LogP contribution in [0.25, 0.3) is 5.69 Å². The number of ether oxygens (including phenoxy) is 1. The van der Waals surface area contributed by atoms with Crippen LogP contribution >= 0.6 is 11.6 Å². The number of halogens is 1. The minimum absolute atomic E-state index is 0.139. The molecule has 1 atom stereocenters. The highest BCUT2D eigenvalue weighted by molar-refractivity contribution is 6.30. The van der Waals surface area contributed by atoms with Crippen LogP contribution < -0.4 is 10.2 Å². The number of carbonyl (C=O) groups excluding carboxylic acids is 1. The van der Waals surface area contributed by atoms with E-state index in [-0.39, 0.29) is 11.9 Å². The van der Waals surface area contributed by atoms with Gasteiger partial charge in [0.2, 0.25) is 0 Å². The first-order valence-electron chi connectivity index (χ1n) is 12.2. The second kappa shape index (κ2) is 10.7. The van der Waals surface area contributed by atoms with Gasteiger partial charge in [0, 0.05) is 55.3 Å². The van der Waals surface area contributed by atoms with Crippen LogP contribution in [0.5, 0.6) is 0 Å². The molecule has 2 saturated heterocycles. The quantitative estimate of drug-likeness (QED) is 0.558. The Morgan fingerprint density at radius 1 is 1.14 bits per heavy atom. The van der Waals surface area contributed by atoms with Crippen LogP contribution in [0.1, 0.15) is 28.9 Å². The first-order chi connectivity index (χ1) is 17.5. The number of nitrogens with one attached hydrogen (secondary N) is 1. The van der Waals surface area contributed by atoms with Gasteiger partial charge in [0.25, 0.3) is 5.91 Å². The SMILES string of the molecule is Cc1c(C(=O)Nc2ccc(N3CCN(C4CCOCC4)C(C#N)C3)cc2)cnn1-c1cccc(Cl)c1. The number of amides is 1. The predicted octanol–water partition coefficient (Wildman–Crippen LogP) is 4.28. The zero-order valence-corrected chi connectivity index (χ0v) is 21.0. The molecule has 0 saturated carbocycles. The van der Waals surface area contributed by atoms with E-state index in [1.54, 1.807) is 16.9 Å². The summed E-state index contributed by atoms with van der Waals surface area (Å²) in [7, 11) is 0. The monoisotopic (exact) mass is 504 g/mol. The maximum Gasteiger partial charge on any atom is 0.259 e. The van der Waals surface area contributed by atoms with Crippen molar-refractivity contribution in [2.24, 2.45) is 0 Å². The van der Waals surface area contributed by atoms with Crippen LogP contribution in [0.4, 0.5) is 11.4 Å². The van der Waals surface area contributed by atoms with Crippen LogP contribution in [-0.2, 0) is 4.74 Å². The molecule has 2 aliphatic heterocycles. The van der Waals surface area contributed by atoms with Crippen LogP contribution in [0, 0.1) is 18.3 Å². The van der Waals surface area contributed by atoms with Crippen molar-refractivity contribution >= 4 is 28.9 Å². The van der Waals surface area contributed by atoms with Crippen molar-refractivity contribution in [1.29, 1.82) is 5.26 Å². The first kappa shape index (κ1) is 24.3. The van der Waals surface area contributed by atoms with Gasteiger partial charge in [-0.3, -0.25) is 9.69 Å². The molecule has 1 aromatic heterocycles. The number of piperazine rings is 1. The molecule has 8 nitrogen and oxygen atoms in total. The largest absolute Gasteiger partial charge is 0.381 e. The summed E-state index contributed by atoms with van der Waals surface area (Å²) < 4.78 is 7.19. The molecule has 5 rings (SSSR count). The van der Waals surface area contributed by atoms with Gasteiger partial charge in [-0.1, -0.05) is 17.7 Å². The van der Waals surface area contributed by atoms with Crippen LogP contribution in [0.15, 0.2) is 54.7 Å². The molecule has 186 valence electrons. The van der Waals surface area contributed by atoms with Crippen molar-refractivity contribution in [2.45, 2.75) is 31.8 Å². The number of hydrogen-bond donors (Lipinski definition) is 1. The Morgan fingerprint density at radius 2 is 1.92 bits per heavy atom. The molecule has 2 aromatic carbocycles. The minimum atomic E-state index is -0.219. The maximum atomic E-state index is 12.9. The third-order valence-corrected chi connectivity index (χ3v) is 7.26. The van der Waals surface area contributed by atoms with Gasteiger partial charge in [-0.25, -0.2) is 4.68 Å². The number of nitrogens with zero attached hydrogens (tertiary/aromatic N) is 5. The number of anilines is 2. The predicted molar refractivity (Wildman–Crippen MR) is 140 cm³/mol. The summed E-state index contributed by atoms with van der Waals surface area (Å²) in [5.74, 6) is -0.219. The minimum Gasteiger partial charge on any atom is -0.381 e. The molecule has 0 bridgehead atoms. The lowest BCUT2D eigenvalue weighted by atomic mass is 10.0. The van der Waals surface area contributed by atoms with E-state index in [4.69, 9.17) is 16.3 Å². The van der Waals surface area contributed by atoms with Gasteiger partial charge in [-0.05, 0) is 62.2 Å². The van der Waals surface area contributed by atoms with Crippen molar-refractivity contribution in [1.82, 2.24) is 14.7 Å². The summed E-state index contributed by atoms with van der Waals surface area (Å²) in [6.07, 6.45) is 3.55. The van der Waals surface area contributed by atoms with Gasteiger partial charge in [-0.15, -0.1) is 0 Å². The Labute approximate surface area is 216 Å².